The molecular weight excluding hydrogens is 224 g/mol. The average Bonchev–Trinajstić information content (AvgIpc) is 3.02. The molecule has 1 aliphatic rings. The van der Waals surface area contributed by atoms with Crippen molar-refractivity contribution in [1.29, 1.82) is 0 Å². The van der Waals surface area contributed by atoms with Gasteiger partial charge in [0.15, 0.2) is 0 Å². The molecular formula is C14H18N4. The van der Waals surface area contributed by atoms with Gasteiger partial charge in [-0.2, -0.15) is 5.10 Å². The lowest BCUT2D eigenvalue weighted by Crippen LogP contribution is -2.17. The third-order valence-corrected chi connectivity index (χ3v) is 3.61. The van der Waals surface area contributed by atoms with Crippen molar-refractivity contribution in [2.75, 3.05) is 23.7 Å². The van der Waals surface area contributed by atoms with E-state index in [1.54, 1.807) is 4.68 Å². The second kappa shape index (κ2) is 4.37. The second-order valence-corrected chi connectivity index (χ2v) is 4.81. The lowest BCUT2D eigenvalue weighted by molar-refractivity contribution is 0.779. The molecule has 94 valence electrons. The van der Waals surface area contributed by atoms with Crippen LogP contribution in [0.15, 0.2) is 30.5 Å². The Bertz CT molecular complexity index is 553. The number of anilines is 2. The van der Waals surface area contributed by atoms with Gasteiger partial charge >= 0.3 is 0 Å². The molecule has 1 fully saturated rings. The van der Waals surface area contributed by atoms with Gasteiger partial charge in [0.2, 0.25) is 0 Å². The summed E-state index contributed by atoms with van der Waals surface area (Å²) in [4.78, 5) is 2.43. The number of aryl methyl sites for hydroxylation is 1. The molecule has 0 atom stereocenters. The van der Waals surface area contributed by atoms with Gasteiger partial charge in [0, 0.05) is 31.4 Å². The number of nitrogens with zero attached hydrogens (tertiary/aromatic N) is 3. The summed E-state index contributed by atoms with van der Waals surface area (Å²) in [5, 5.41) is 4.20. The number of aromatic nitrogens is 2. The maximum atomic E-state index is 6.03. The summed E-state index contributed by atoms with van der Waals surface area (Å²) < 4.78 is 1.71. The Morgan fingerprint density at radius 1 is 1.22 bits per heavy atom. The van der Waals surface area contributed by atoms with Gasteiger partial charge in [0.05, 0.1) is 6.20 Å². The molecule has 0 bridgehead atoms. The fourth-order valence-electron chi connectivity index (χ4n) is 2.51. The molecule has 4 heteroatoms. The molecule has 0 unspecified atom stereocenters. The van der Waals surface area contributed by atoms with Crippen molar-refractivity contribution < 1.29 is 0 Å². The minimum Gasteiger partial charge on any atom is -0.383 e. The first-order valence-corrected chi connectivity index (χ1v) is 6.38. The van der Waals surface area contributed by atoms with Crippen LogP contribution in [0.2, 0.25) is 0 Å². The normalized spacial score (nSPS) is 15.3. The van der Waals surface area contributed by atoms with Crippen LogP contribution in [0, 0.1) is 0 Å². The lowest BCUT2D eigenvalue weighted by Gasteiger charge is -2.18. The number of rotatable bonds is 2. The lowest BCUT2D eigenvalue weighted by atomic mass is 10.1. The molecule has 0 radical (unpaired) electrons. The first-order chi connectivity index (χ1) is 8.75. The van der Waals surface area contributed by atoms with Gasteiger partial charge in [-0.1, -0.05) is 12.1 Å². The van der Waals surface area contributed by atoms with Crippen molar-refractivity contribution >= 4 is 11.5 Å². The van der Waals surface area contributed by atoms with Crippen LogP contribution in [-0.2, 0) is 7.05 Å². The molecule has 1 aromatic heterocycles. The molecule has 2 N–H and O–H groups in total. The predicted molar refractivity (Wildman–Crippen MR) is 74.5 cm³/mol. The van der Waals surface area contributed by atoms with Crippen LogP contribution in [0.25, 0.3) is 11.1 Å². The first-order valence-electron chi connectivity index (χ1n) is 6.38. The summed E-state index contributed by atoms with van der Waals surface area (Å²) in [7, 11) is 1.86. The average molecular weight is 242 g/mol. The van der Waals surface area contributed by atoms with Crippen molar-refractivity contribution in [1.82, 2.24) is 9.78 Å². The maximum absolute atomic E-state index is 6.03. The summed E-state index contributed by atoms with van der Waals surface area (Å²) in [5.41, 5.74) is 9.47. The van der Waals surface area contributed by atoms with E-state index in [4.69, 9.17) is 5.73 Å². The van der Waals surface area contributed by atoms with Crippen molar-refractivity contribution in [3.63, 3.8) is 0 Å². The van der Waals surface area contributed by atoms with E-state index in [1.165, 1.54) is 18.5 Å². The van der Waals surface area contributed by atoms with E-state index in [9.17, 15) is 0 Å². The van der Waals surface area contributed by atoms with E-state index >= 15 is 0 Å². The number of nitrogen functional groups attached to an aromatic ring is 1. The molecule has 1 aromatic carbocycles. The van der Waals surface area contributed by atoms with Crippen molar-refractivity contribution in [2.45, 2.75) is 12.8 Å². The van der Waals surface area contributed by atoms with Crippen LogP contribution in [0.4, 0.5) is 11.5 Å². The molecule has 4 nitrogen and oxygen atoms in total. The molecule has 3 rings (SSSR count). The minimum atomic E-state index is 0.716. The highest BCUT2D eigenvalue weighted by atomic mass is 15.3. The van der Waals surface area contributed by atoms with E-state index < -0.39 is 0 Å². The summed E-state index contributed by atoms with van der Waals surface area (Å²) >= 11 is 0. The Kier molecular flexibility index (Phi) is 2.70. The molecule has 2 aromatic rings. The highest BCUT2D eigenvalue weighted by Gasteiger charge is 2.14. The molecule has 2 heterocycles. The van der Waals surface area contributed by atoms with Crippen LogP contribution >= 0.6 is 0 Å². The molecule has 1 aliphatic heterocycles. The quantitative estimate of drug-likeness (QED) is 0.878. The highest BCUT2D eigenvalue weighted by molar-refractivity contribution is 5.76. The Morgan fingerprint density at radius 3 is 2.67 bits per heavy atom. The third-order valence-electron chi connectivity index (χ3n) is 3.61. The van der Waals surface area contributed by atoms with Gasteiger partial charge < -0.3 is 10.6 Å². The van der Waals surface area contributed by atoms with E-state index in [-0.39, 0.29) is 0 Å². The van der Waals surface area contributed by atoms with Crippen molar-refractivity contribution in [2.24, 2.45) is 7.05 Å². The predicted octanol–water partition coefficient (Wildman–Crippen LogP) is 2.27. The van der Waals surface area contributed by atoms with Crippen LogP contribution in [0.1, 0.15) is 12.8 Å². The Balaban J connectivity index is 1.98. The van der Waals surface area contributed by atoms with Gasteiger partial charge in [-0.3, -0.25) is 4.68 Å². The van der Waals surface area contributed by atoms with Gasteiger partial charge in [0.1, 0.15) is 5.82 Å². The summed E-state index contributed by atoms with van der Waals surface area (Å²) in [6.45, 7) is 2.32. The van der Waals surface area contributed by atoms with Crippen LogP contribution in [-0.4, -0.2) is 22.9 Å². The number of hydrogen-bond donors (Lipinski definition) is 1. The largest absolute Gasteiger partial charge is 0.383 e. The zero-order valence-corrected chi connectivity index (χ0v) is 10.6. The molecule has 1 saturated heterocycles. The van der Waals surface area contributed by atoms with Gasteiger partial charge in [-0.15, -0.1) is 0 Å². The summed E-state index contributed by atoms with van der Waals surface area (Å²) in [5.74, 6) is 0.716. The van der Waals surface area contributed by atoms with Gasteiger partial charge in [0.25, 0.3) is 0 Å². The van der Waals surface area contributed by atoms with Crippen LogP contribution in [0.3, 0.4) is 0 Å². The fraction of sp³-hybridized carbons (Fsp3) is 0.357. The van der Waals surface area contributed by atoms with E-state index in [1.807, 2.05) is 13.2 Å². The van der Waals surface area contributed by atoms with Crippen LogP contribution < -0.4 is 10.6 Å². The fourth-order valence-corrected chi connectivity index (χ4v) is 2.51. The highest BCUT2D eigenvalue weighted by Crippen LogP contribution is 2.29. The third kappa shape index (κ3) is 1.83. The van der Waals surface area contributed by atoms with Gasteiger partial charge in [-0.25, -0.2) is 0 Å². The van der Waals surface area contributed by atoms with E-state index in [0.29, 0.717) is 5.82 Å². The van der Waals surface area contributed by atoms with Crippen molar-refractivity contribution in [3.8, 4) is 11.1 Å². The number of benzene rings is 1. The maximum Gasteiger partial charge on any atom is 0.129 e. The number of hydrogen-bond acceptors (Lipinski definition) is 3. The molecule has 0 saturated carbocycles. The summed E-state index contributed by atoms with van der Waals surface area (Å²) in [6.07, 6.45) is 4.41. The molecule has 0 aliphatic carbocycles. The zero-order chi connectivity index (χ0) is 12.5. The smallest absolute Gasteiger partial charge is 0.129 e. The first kappa shape index (κ1) is 11.1. The molecule has 0 spiro atoms. The van der Waals surface area contributed by atoms with Gasteiger partial charge in [-0.05, 0) is 30.5 Å². The zero-order valence-electron chi connectivity index (χ0n) is 10.6. The van der Waals surface area contributed by atoms with Crippen molar-refractivity contribution in [3.05, 3.63) is 30.5 Å². The second-order valence-electron chi connectivity index (χ2n) is 4.81. The Morgan fingerprint density at radius 2 is 2.00 bits per heavy atom. The standard InChI is InChI=1S/C14H18N4/c1-17-14(15)13(10-16-17)11-5-4-6-12(9-11)18-7-2-3-8-18/h4-6,9-10H,2-3,7-8,15H2,1H3. The molecule has 0 amide bonds. The SMILES string of the molecule is Cn1ncc(-c2cccc(N3CCCC3)c2)c1N. The minimum absolute atomic E-state index is 0.716. The Hall–Kier alpha value is -1.97. The number of nitrogens with two attached hydrogens (primary N) is 1. The topological polar surface area (TPSA) is 47.1 Å². The molecule has 18 heavy (non-hydrogen) atoms. The van der Waals surface area contributed by atoms with Crippen LogP contribution in [0.5, 0.6) is 0 Å². The van der Waals surface area contributed by atoms with E-state index in [0.717, 1.165) is 24.2 Å². The van der Waals surface area contributed by atoms with E-state index in [2.05, 4.69) is 34.3 Å². The Labute approximate surface area is 107 Å². The summed E-state index contributed by atoms with van der Waals surface area (Å²) in [6, 6.07) is 8.56. The monoisotopic (exact) mass is 242 g/mol.